The van der Waals surface area contributed by atoms with Crippen LogP contribution in [-0.4, -0.2) is 19.2 Å². The Balaban J connectivity index is 1.99. The highest BCUT2D eigenvalue weighted by atomic mass is 35.5. The maximum absolute atomic E-state index is 13.3. The molecule has 0 atom stereocenters. The molecular weight excluding hydrogens is 402 g/mol. The minimum Gasteiger partial charge on any atom is -0.493 e. The summed E-state index contributed by atoms with van der Waals surface area (Å²) in [5.74, 6) is 0.964. The van der Waals surface area contributed by atoms with Gasteiger partial charge in [0.05, 0.1) is 24.3 Å². The molecule has 1 heterocycles. The van der Waals surface area contributed by atoms with Gasteiger partial charge in [-0.05, 0) is 29.8 Å². The van der Waals surface area contributed by atoms with Gasteiger partial charge in [0.25, 0.3) is 0 Å². The zero-order valence-electron chi connectivity index (χ0n) is 15.5. The van der Waals surface area contributed by atoms with Gasteiger partial charge in [-0.2, -0.15) is 0 Å². The van der Waals surface area contributed by atoms with E-state index in [-0.39, 0.29) is 5.82 Å². The highest BCUT2D eigenvalue weighted by Crippen LogP contribution is 2.34. The number of halogens is 3. The molecule has 0 bridgehead atoms. The van der Waals surface area contributed by atoms with Gasteiger partial charge in [0.1, 0.15) is 5.82 Å². The summed E-state index contributed by atoms with van der Waals surface area (Å²) in [5.41, 5.74) is 2.58. The normalized spacial score (nSPS) is 10.6. The monoisotopic (exact) mass is 420 g/mol. The lowest BCUT2D eigenvalue weighted by Gasteiger charge is -2.27. The van der Waals surface area contributed by atoms with E-state index in [9.17, 15) is 4.39 Å². The van der Waals surface area contributed by atoms with E-state index in [1.54, 1.807) is 38.7 Å². The molecule has 3 aromatic rings. The summed E-state index contributed by atoms with van der Waals surface area (Å²) in [7, 11) is 3.17. The van der Waals surface area contributed by atoms with E-state index in [0.717, 1.165) is 16.8 Å². The second-order valence-electron chi connectivity index (χ2n) is 6.10. The third-order valence-corrected chi connectivity index (χ3v) is 4.97. The van der Waals surface area contributed by atoms with E-state index < -0.39 is 0 Å². The largest absolute Gasteiger partial charge is 0.493 e. The molecule has 28 heavy (non-hydrogen) atoms. The van der Waals surface area contributed by atoms with Crippen LogP contribution in [0.2, 0.25) is 10.0 Å². The Hall–Kier alpha value is -2.50. The number of ether oxygens (including phenoxy) is 2. The molecule has 0 radical (unpaired) electrons. The van der Waals surface area contributed by atoms with Gasteiger partial charge >= 0.3 is 0 Å². The minimum atomic E-state index is -0.276. The molecule has 2 aromatic carbocycles. The fourth-order valence-electron chi connectivity index (χ4n) is 2.85. The fraction of sp³-hybridized carbons (Fsp3) is 0.190. The van der Waals surface area contributed by atoms with Gasteiger partial charge in [0.2, 0.25) is 0 Å². The van der Waals surface area contributed by atoms with E-state index in [1.807, 2.05) is 18.2 Å². The second-order valence-corrected chi connectivity index (χ2v) is 6.92. The van der Waals surface area contributed by atoms with Crippen LogP contribution in [-0.2, 0) is 13.1 Å². The highest BCUT2D eigenvalue weighted by molar-refractivity contribution is 6.35. The van der Waals surface area contributed by atoms with Crippen molar-refractivity contribution in [3.8, 4) is 11.5 Å². The van der Waals surface area contributed by atoms with Crippen molar-refractivity contribution >= 4 is 28.9 Å². The van der Waals surface area contributed by atoms with E-state index >= 15 is 0 Å². The Kier molecular flexibility index (Phi) is 6.60. The average molecular weight is 421 g/mol. The van der Waals surface area contributed by atoms with Gasteiger partial charge in [-0.25, -0.2) is 4.39 Å². The number of aromatic nitrogens is 1. The average Bonchev–Trinajstić information content (AvgIpc) is 2.71. The molecule has 0 unspecified atom stereocenters. The zero-order chi connectivity index (χ0) is 20.1. The van der Waals surface area contributed by atoms with Crippen LogP contribution < -0.4 is 14.4 Å². The molecule has 0 aliphatic rings. The Morgan fingerprint density at radius 1 is 0.893 bits per heavy atom. The summed E-state index contributed by atoms with van der Waals surface area (Å²) in [5, 5.41) is 0.967. The SMILES string of the molecule is COc1ccc(N(Cc2ccc(F)cc2)Cc2c(Cl)cncc2Cl)cc1OC. The molecule has 0 aliphatic heterocycles. The van der Waals surface area contributed by atoms with Crippen molar-refractivity contribution in [1.82, 2.24) is 4.98 Å². The summed E-state index contributed by atoms with van der Waals surface area (Å²) in [4.78, 5) is 6.08. The lowest BCUT2D eigenvalue weighted by molar-refractivity contribution is 0.355. The number of hydrogen-bond acceptors (Lipinski definition) is 4. The van der Waals surface area contributed by atoms with Crippen LogP contribution in [0.4, 0.5) is 10.1 Å². The number of anilines is 1. The predicted octanol–water partition coefficient (Wildman–Crippen LogP) is 5.75. The topological polar surface area (TPSA) is 34.6 Å². The second kappa shape index (κ2) is 9.13. The molecule has 146 valence electrons. The van der Waals surface area contributed by atoms with Crippen molar-refractivity contribution in [2.75, 3.05) is 19.1 Å². The molecule has 0 saturated carbocycles. The van der Waals surface area contributed by atoms with Gasteiger partial charge in [0, 0.05) is 42.8 Å². The van der Waals surface area contributed by atoms with Gasteiger partial charge < -0.3 is 14.4 Å². The van der Waals surface area contributed by atoms with Crippen LogP contribution in [0.5, 0.6) is 11.5 Å². The van der Waals surface area contributed by atoms with Crippen LogP contribution in [0.15, 0.2) is 54.9 Å². The van der Waals surface area contributed by atoms with Crippen LogP contribution in [0.25, 0.3) is 0 Å². The van der Waals surface area contributed by atoms with Crippen molar-refractivity contribution in [2.24, 2.45) is 0 Å². The molecule has 1 aromatic heterocycles. The number of pyridine rings is 1. The minimum absolute atomic E-state index is 0.276. The maximum Gasteiger partial charge on any atom is 0.162 e. The summed E-state index contributed by atoms with van der Waals surface area (Å²) >= 11 is 12.6. The third kappa shape index (κ3) is 4.66. The summed E-state index contributed by atoms with van der Waals surface area (Å²) in [6.07, 6.45) is 3.13. The summed E-state index contributed by atoms with van der Waals surface area (Å²) in [6, 6.07) is 12.0. The molecular formula is C21H19Cl2FN2O2. The van der Waals surface area contributed by atoms with Crippen LogP contribution in [0.3, 0.4) is 0 Å². The summed E-state index contributed by atoms with van der Waals surface area (Å²) in [6.45, 7) is 0.956. The Morgan fingerprint density at radius 2 is 1.54 bits per heavy atom. The number of benzene rings is 2. The van der Waals surface area contributed by atoms with Crippen LogP contribution in [0.1, 0.15) is 11.1 Å². The van der Waals surface area contributed by atoms with E-state index in [0.29, 0.717) is 34.6 Å². The van der Waals surface area contributed by atoms with E-state index in [2.05, 4.69) is 9.88 Å². The van der Waals surface area contributed by atoms with Gasteiger partial charge in [-0.3, -0.25) is 4.98 Å². The quantitative estimate of drug-likeness (QED) is 0.487. The smallest absolute Gasteiger partial charge is 0.162 e. The first-order valence-corrected chi connectivity index (χ1v) is 9.26. The standard InChI is InChI=1S/C21H19Cl2FN2O2/c1-27-20-8-7-16(9-21(20)28-2)26(12-14-3-5-15(24)6-4-14)13-17-18(22)10-25-11-19(17)23/h3-11H,12-13H2,1-2H3. The van der Waals surface area contributed by atoms with E-state index in [1.165, 1.54) is 12.1 Å². The Bertz CT molecular complexity index is 931. The Labute approximate surface area is 173 Å². The molecule has 0 N–H and O–H groups in total. The molecule has 0 saturated heterocycles. The molecule has 0 amide bonds. The first-order chi connectivity index (χ1) is 13.5. The van der Waals surface area contributed by atoms with E-state index in [4.69, 9.17) is 32.7 Å². The fourth-order valence-corrected chi connectivity index (χ4v) is 3.33. The number of rotatable bonds is 7. The third-order valence-electron chi connectivity index (χ3n) is 4.32. The lowest BCUT2D eigenvalue weighted by atomic mass is 10.1. The van der Waals surface area contributed by atoms with Crippen molar-refractivity contribution in [2.45, 2.75) is 13.1 Å². The molecule has 3 rings (SSSR count). The molecule has 7 heteroatoms. The van der Waals surface area contributed by atoms with Crippen LogP contribution in [0, 0.1) is 5.82 Å². The number of nitrogens with zero attached hydrogens (tertiary/aromatic N) is 2. The van der Waals surface area contributed by atoms with Gasteiger partial charge in [-0.1, -0.05) is 35.3 Å². The molecule has 0 spiro atoms. The van der Waals surface area contributed by atoms with Crippen LogP contribution >= 0.6 is 23.2 Å². The maximum atomic E-state index is 13.3. The predicted molar refractivity (Wildman–Crippen MR) is 110 cm³/mol. The van der Waals surface area contributed by atoms with Crippen molar-refractivity contribution in [1.29, 1.82) is 0 Å². The molecule has 0 aliphatic carbocycles. The first-order valence-electron chi connectivity index (χ1n) is 8.51. The zero-order valence-corrected chi connectivity index (χ0v) is 17.0. The van der Waals surface area contributed by atoms with Gasteiger partial charge in [0.15, 0.2) is 11.5 Å². The highest BCUT2D eigenvalue weighted by Gasteiger charge is 2.16. The first kappa shape index (κ1) is 20.2. The van der Waals surface area contributed by atoms with Gasteiger partial charge in [-0.15, -0.1) is 0 Å². The summed E-state index contributed by atoms with van der Waals surface area (Å²) < 4.78 is 24.0. The number of hydrogen-bond donors (Lipinski definition) is 0. The van der Waals surface area contributed by atoms with Crippen molar-refractivity contribution in [3.05, 3.63) is 81.8 Å². The Morgan fingerprint density at radius 3 is 2.14 bits per heavy atom. The lowest BCUT2D eigenvalue weighted by Crippen LogP contribution is -2.22. The van der Waals surface area contributed by atoms with Crippen molar-refractivity contribution < 1.29 is 13.9 Å². The van der Waals surface area contributed by atoms with Crippen molar-refractivity contribution in [3.63, 3.8) is 0 Å². The molecule has 0 fully saturated rings. The number of methoxy groups -OCH3 is 2. The molecule has 4 nitrogen and oxygen atoms in total.